The summed E-state index contributed by atoms with van der Waals surface area (Å²) in [5, 5.41) is 4.11. The van der Waals surface area contributed by atoms with Gasteiger partial charge in [-0.25, -0.2) is 0 Å². The van der Waals surface area contributed by atoms with Gasteiger partial charge in [-0.15, -0.1) is 0 Å². The van der Waals surface area contributed by atoms with E-state index in [0.29, 0.717) is 6.10 Å². The summed E-state index contributed by atoms with van der Waals surface area (Å²) in [6.07, 6.45) is 6.79. The first-order valence-corrected chi connectivity index (χ1v) is 6.51. The van der Waals surface area contributed by atoms with Crippen molar-refractivity contribution in [3.8, 4) is 5.75 Å². The molecular weight excluding hydrogens is 246 g/mol. The number of hydrazone groups is 1. The maximum Gasteiger partial charge on any atom is 0.184 e. The van der Waals surface area contributed by atoms with Gasteiger partial charge in [0.15, 0.2) is 5.11 Å². The van der Waals surface area contributed by atoms with Crippen molar-refractivity contribution in [3.05, 3.63) is 29.8 Å². The summed E-state index contributed by atoms with van der Waals surface area (Å²) >= 11 is 4.68. The summed E-state index contributed by atoms with van der Waals surface area (Å²) in [6, 6.07) is 7.82. The maximum absolute atomic E-state index is 5.98. The molecule has 0 unspecified atom stereocenters. The molecule has 5 heteroatoms. The molecule has 18 heavy (non-hydrogen) atoms. The zero-order valence-electron chi connectivity index (χ0n) is 10.1. The van der Waals surface area contributed by atoms with Crippen LogP contribution in [0.3, 0.4) is 0 Å². The van der Waals surface area contributed by atoms with E-state index in [1.807, 2.05) is 24.3 Å². The molecule has 1 fully saturated rings. The number of para-hydroxylation sites is 1. The molecule has 1 saturated carbocycles. The molecule has 1 aliphatic carbocycles. The van der Waals surface area contributed by atoms with Gasteiger partial charge in [-0.05, 0) is 50.0 Å². The number of nitrogens with one attached hydrogen (secondary N) is 1. The minimum atomic E-state index is 0.153. The maximum atomic E-state index is 5.98. The average molecular weight is 263 g/mol. The number of benzene rings is 1. The Morgan fingerprint density at radius 1 is 1.39 bits per heavy atom. The first kappa shape index (κ1) is 12.8. The molecule has 0 aliphatic heterocycles. The average Bonchev–Trinajstić information content (AvgIpc) is 2.84. The van der Waals surface area contributed by atoms with Gasteiger partial charge in [0.05, 0.1) is 12.3 Å². The fourth-order valence-corrected chi connectivity index (χ4v) is 2.10. The summed E-state index contributed by atoms with van der Waals surface area (Å²) in [5.41, 5.74) is 8.76. The van der Waals surface area contributed by atoms with Crippen LogP contribution < -0.4 is 15.9 Å². The van der Waals surface area contributed by atoms with Crippen LogP contribution in [0.1, 0.15) is 31.2 Å². The van der Waals surface area contributed by atoms with Crippen molar-refractivity contribution in [1.82, 2.24) is 5.43 Å². The van der Waals surface area contributed by atoms with Gasteiger partial charge in [-0.3, -0.25) is 5.43 Å². The molecule has 0 amide bonds. The highest BCUT2D eigenvalue weighted by atomic mass is 32.1. The normalized spacial score (nSPS) is 16.0. The standard InChI is InChI=1S/C13H17N3OS/c14-13(18)16-15-9-10-5-1-4-8-12(10)17-11-6-2-3-7-11/h1,4-5,8-9,11H,2-3,6-7H2,(H3,14,16,18). The Kier molecular flexibility index (Phi) is 4.52. The number of hydrogen-bond acceptors (Lipinski definition) is 3. The minimum absolute atomic E-state index is 0.153. The second-order valence-corrected chi connectivity index (χ2v) is 4.74. The minimum Gasteiger partial charge on any atom is -0.490 e. The largest absolute Gasteiger partial charge is 0.490 e. The van der Waals surface area contributed by atoms with Gasteiger partial charge in [-0.2, -0.15) is 5.10 Å². The molecule has 0 radical (unpaired) electrons. The van der Waals surface area contributed by atoms with Crippen molar-refractivity contribution in [2.24, 2.45) is 10.8 Å². The van der Waals surface area contributed by atoms with Gasteiger partial charge >= 0.3 is 0 Å². The van der Waals surface area contributed by atoms with Crippen molar-refractivity contribution in [2.75, 3.05) is 0 Å². The van der Waals surface area contributed by atoms with Crippen LogP contribution in [0.2, 0.25) is 0 Å². The molecule has 0 bridgehead atoms. The summed E-state index contributed by atoms with van der Waals surface area (Å²) < 4.78 is 5.98. The summed E-state index contributed by atoms with van der Waals surface area (Å²) in [7, 11) is 0. The third kappa shape index (κ3) is 3.70. The predicted molar refractivity (Wildman–Crippen MR) is 76.8 cm³/mol. The number of hydrogen-bond donors (Lipinski definition) is 2. The number of nitrogens with zero attached hydrogens (tertiary/aromatic N) is 1. The van der Waals surface area contributed by atoms with Gasteiger partial charge in [0.1, 0.15) is 5.75 Å². The topological polar surface area (TPSA) is 59.6 Å². The zero-order chi connectivity index (χ0) is 12.8. The molecule has 96 valence electrons. The van der Waals surface area contributed by atoms with Crippen molar-refractivity contribution in [1.29, 1.82) is 0 Å². The van der Waals surface area contributed by atoms with Crippen molar-refractivity contribution in [3.63, 3.8) is 0 Å². The number of thiocarbonyl (C=S) groups is 1. The molecule has 2 rings (SSSR count). The van der Waals surface area contributed by atoms with Crippen LogP contribution in [0.25, 0.3) is 0 Å². The fraction of sp³-hybridized carbons (Fsp3) is 0.385. The molecule has 0 spiro atoms. The number of ether oxygens (including phenoxy) is 1. The second kappa shape index (κ2) is 6.35. The van der Waals surface area contributed by atoms with E-state index < -0.39 is 0 Å². The highest BCUT2D eigenvalue weighted by molar-refractivity contribution is 7.80. The van der Waals surface area contributed by atoms with Crippen molar-refractivity contribution < 1.29 is 4.74 Å². The summed E-state index contributed by atoms with van der Waals surface area (Å²) in [5.74, 6) is 0.859. The Hall–Kier alpha value is -1.62. The summed E-state index contributed by atoms with van der Waals surface area (Å²) in [6.45, 7) is 0. The molecule has 1 aliphatic rings. The quantitative estimate of drug-likeness (QED) is 0.496. The van der Waals surface area contributed by atoms with Crippen LogP contribution in [0.4, 0.5) is 0 Å². The van der Waals surface area contributed by atoms with Gasteiger partial charge in [0, 0.05) is 5.56 Å². The van der Waals surface area contributed by atoms with Crippen LogP contribution in [-0.4, -0.2) is 17.4 Å². The lowest BCUT2D eigenvalue weighted by molar-refractivity contribution is 0.210. The lowest BCUT2D eigenvalue weighted by Gasteiger charge is -2.14. The first-order valence-electron chi connectivity index (χ1n) is 6.10. The lowest BCUT2D eigenvalue weighted by atomic mass is 10.2. The highest BCUT2D eigenvalue weighted by Crippen LogP contribution is 2.25. The van der Waals surface area contributed by atoms with Crippen molar-refractivity contribution >= 4 is 23.5 Å². The Balaban J connectivity index is 2.04. The van der Waals surface area contributed by atoms with Crippen LogP contribution in [0.5, 0.6) is 5.75 Å². The molecule has 1 aromatic rings. The Labute approximate surface area is 112 Å². The SMILES string of the molecule is NC(=S)NN=Cc1ccccc1OC1CCCC1. The van der Waals surface area contributed by atoms with Crippen molar-refractivity contribution in [2.45, 2.75) is 31.8 Å². The monoisotopic (exact) mass is 263 g/mol. The predicted octanol–water partition coefficient (Wildman–Crippen LogP) is 2.18. The molecule has 0 saturated heterocycles. The van der Waals surface area contributed by atoms with E-state index in [1.54, 1.807) is 6.21 Å². The van der Waals surface area contributed by atoms with Crippen LogP contribution in [-0.2, 0) is 0 Å². The molecule has 0 heterocycles. The third-order valence-corrected chi connectivity index (χ3v) is 2.98. The second-order valence-electron chi connectivity index (χ2n) is 4.30. The Morgan fingerprint density at radius 3 is 2.83 bits per heavy atom. The van der Waals surface area contributed by atoms with E-state index in [0.717, 1.165) is 24.2 Å². The summed E-state index contributed by atoms with van der Waals surface area (Å²) in [4.78, 5) is 0. The van der Waals surface area contributed by atoms with Crippen LogP contribution in [0, 0.1) is 0 Å². The number of nitrogens with two attached hydrogens (primary N) is 1. The first-order chi connectivity index (χ1) is 8.75. The van der Waals surface area contributed by atoms with E-state index in [2.05, 4.69) is 22.7 Å². The molecule has 0 aromatic heterocycles. The van der Waals surface area contributed by atoms with Gasteiger partial charge < -0.3 is 10.5 Å². The Morgan fingerprint density at radius 2 is 2.11 bits per heavy atom. The highest BCUT2D eigenvalue weighted by Gasteiger charge is 2.17. The molecule has 3 N–H and O–H groups in total. The number of rotatable bonds is 4. The van der Waals surface area contributed by atoms with Crippen LogP contribution >= 0.6 is 12.2 Å². The van der Waals surface area contributed by atoms with E-state index >= 15 is 0 Å². The van der Waals surface area contributed by atoms with Gasteiger partial charge in [0.2, 0.25) is 0 Å². The smallest absolute Gasteiger partial charge is 0.184 e. The molecule has 1 aromatic carbocycles. The lowest BCUT2D eigenvalue weighted by Crippen LogP contribution is -2.24. The third-order valence-electron chi connectivity index (χ3n) is 2.89. The van der Waals surface area contributed by atoms with E-state index in [1.165, 1.54) is 12.8 Å². The molecular formula is C13H17N3OS. The van der Waals surface area contributed by atoms with Gasteiger partial charge in [0.25, 0.3) is 0 Å². The molecule has 0 atom stereocenters. The molecule has 4 nitrogen and oxygen atoms in total. The van der Waals surface area contributed by atoms with E-state index in [-0.39, 0.29) is 5.11 Å². The Bertz CT molecular complexity index is 442. The van der Waals surface area contributed by atoms with E-state index in [4.69, 9.17) is 10.5 Å². The van der Waals surface area contributed by atoms with Crippen LogP contribution in [0.15, 0.2) is 29.4 Å². The fourth-order valence-electron chi connectivity index (χ4n) is 2.05. The van der Waals surface area contributed by atoms with Gasteiger partial charge in [-0.1, -0.05) is 12.1 Å². The van der Waals surface area contributed by atoms with E-state index in [9.17, 15) is 0 Å². The zero-order valence-corrected chi connectivity index (χ0v) is 11.0.